The summed E-state index contributed by atoms with van der Waals surface area (Å²) >= 11 is 3.24. The third-order valence-corrected chi connectivity index (χ3v) is 2.96. The number of fused-ring (bicyclic) bond motifs is 1. The number of nitrogens with zero attached hydrogens (tertiary/aromatic N) is 1. The molecule has 0 saturated carbocycles. The van der Waals surface area contributed by atoms with E-state index in [0.717, 1.165) is 0 Å². The van der Waals surface area contributed by atoms with Gasteiger partial charge < -0.3 is 19.7 Å². The Kier molecular flexibility index (Phi) is 2.22. The van der Waals surface area contributed by atoms with Crippen molar-refractivity contribution in [2.24, 2.45) is 0 Å². The molecule has 0 bridgehead atoms. The SMILES string of the molecule is Nc1cc(-c2c(Br)cc3c(c2F)OCO3)on1. The quantitative estimate of drug-likeness (QED) is 0.876. The van der Waals surface area contributed by atoms with Crippen LogP contribution in [-0.4, -0.2) is 11.9 Å². The highest BCUT2D eigenvalue weighted by Crippen LogP contribution is 2.44. The van der Waals surface area contributed by atoms with Crippen molar-refractivity contribution in [2.45, 2.75) is 0 Å². The topological polar surface area (TPSA) is 70.5 Å². The van der Waals surface area contributed by atoms with E-state index in [1.807, 2.05) is 0 Å². The van der Waals surface area contributed by atoms with Crippen molar-refractivity contribution >= 4 is 21.7 Å². The molecule has 0 radical (unpaired) electrons. The maximum atomic E-state index is 14.2. The van der Waals surface area contributed by atoms with Crippen LogP contribution in [0.3, 0.4) is 0 Å². The molecular formula is C10H6BrFN2O3. The fraction of sp³-hybridized carbons (Fsp3) is 0.100. The predicted molar refractivity (Wildman–Crippen MR) is 60.1 cm³/mol. The number of hydrogen-bond donors (Lipinski definition) is 1. The Morgan fingerprint density at radius 3 is 2.88 bits per heavy atom. The van der Waals surface area contributed by atoms with Gasteiger partial charge in [0.15, 0.2) is 23.1 Å². The molecule has 0 aliphatic carbocycles. The monoisotopic (exact) mass is 300 g/mol. The maximum Gasteiger partial charge on any atom is 0.231 e. The third-order valence-electron chi connectivity index (χ3n) is 2.33. The van der Waals surface area contributed by atoms with Gasteiger partial charge in [-0.05, 0) is 22.0 Å². The number of hydrogen-bond acceptors (Lipinski definition) is 5. The molecule has 0 spiro atoms. The molecule has 1 aromatic carbocycles. The average Bonchev–Trinajstić information content (AvgIpc) is 2.87. The van der Waals surface area contributed by atoms with Crippen LogP contribution in [0.25, 0.3) is 11.3 Å². The summed E-state index contributed by atoms with van der Waals surface area (Å²) in [5, 5.41) is 3.51. The molecule has 88 valence electrons. The second-order valence-corrected chi connectivity index (χ2v) is 4.25. The van der Waals surface area contributed by atoms with Gasteiger partial charge in [0.25, 0.3) is 0 Å². The van der Waals surface area contributed by atoms with Gasteiger partial charge in [-0.1, -0.05) is 5.16 Å². The normalized spacial score (nSPS) is 13.1. The number of benzene rings is 1. The van der Waals surface area contributed by atoms with E-state index in [2.05, 4.69) is 21.1 Å². The first kappa shape index (κ1) is 10.4. The van der Waals surface area contributed by atoms with Gasteiger partial charge in [-0.2, -0.15) is 0 Å². The fourth-order valence-corrected chi connectivity index (χ4v) is 2.18. The van der Waals surface area contributed by atoms with Crippen LogP contribution in [0.1, 0.15) is 0 Å². The first-order valence-electron chi connectivity index (χ1n) is 4.67. The minimum absolute atomic E-state index is 0.000685. The summed E-state index contributed by atoms with van der Waals surface area (Å²) in [6, 6.07) is 3.05. The molecular weight excluding hydrogens is 295 g/mol. The minimum atomic E-state index is -0.567. The molecule has 0 saturated heterocycles. The van der Waals surface area contributed by atoms with Gasteiger partial charge in [0, 0.05) is 10.5 Å². The summed E-state index contributed by atoms with van der Waals surface area (Å²) in [6.45, 7) is 0.000685. The predicted octanol–water partition coefficient (Wildman–Crippen LogP) is 2.55. The zero-order chi connectivity index (χ0) is 12.0. The van der Waals surface area contributed by atoms with Gasteiger partial charge in [0.05, 0.1) is 5.56 Å². The van der Waals surface area contributed by atoms with Crippen LogP contribution in [0.5, 0.6) is 11.5 Å². The first-order valence-corrected chi connectivity index (χ1v) is 5.46. The molecule has 2 aromatic rings. The van der Waals surface area contributed by atoms with Crippen molar-refractivity contribution in [3.8, 4) is 22.8 Å². The Bertz CT molecular complexity index is 599. The van der Waals surface area contributed by atoms with Crippen LogP contribution in [0.2, 0.25) is 0 Å². The van der Waals surface area contributed by atoms with Gasteiger partial charge in [-0.25, -0.2) is 4.39 Å². The summed E-state index contributed by atoms with van der Waals surface area (Å²) < 4.78 is 29.7. The molecule has 5 nitrogen and oxygen atoms in total. The minimum Gasteiger partial charge on any atom is -0.453 e. The van der Waals surface area contributed by atoms with Gasteiger partial charge >= 0.3 is 0 Å². The van der Waals surface area contributed by atoms with E-state index in [0.29, 0.717) is 10.2 Å². The molecule has 0 amide bonds. The van der Waals surface area contributed by atoms with Gasteiger partial charge in [0.2, 0.25) is 12.5 Å². The summed E-state index contributed by atoms with van der Waals surface area (Å²) in [7, 11) is 0. The molecule has 1 aliphatic heterocycles. The van der Waals surface area contributed by atoms with E-state index in [1.54, 1.807) is 6.07 Å². The van der Waals surface area contributed by atoms with Crippen LogP contribution in [0, 0.1) is 5.82 Å². The average molecular weight is 301 g/mol. The van der Waals surface area contributed by atoms with Crippen LogP contribution in [0.4, 0.5) is 10.2 Å². The van der Waals surface area contributed by atoms with Gasteiger partial charge in [-0.3, -0.25) is 0 Å². The molecule has 0 fully saturated rings. The van der Waals surface area contributed by atoms with E-state index >= 15 is 0 Å². The highest BCUT2D eigenvalue weighted by Gasteiger charge is 2.26. The molecule has 7 heteroatoms. The van der Waals surface area contributed by atoms with E-state index < -0.39 is 5.82 Å². The second kappa shape index (κ2) is 3.63. The standard InChI is InChI=1S/C10H6BrFN2O3/c11-4-1-6-10(16-3-15-6)9(12)8(4)5-2-7(13)14-17-5/h1-2H,3H2,(H2,13,14). The smallest absolute Gasteiger partial charge is 0.231 e. The summed E-state index contributed by atoms with van der Waals surface area (Å²) in [4.78, 5) is 0. The van der Waals surface area contributed by atoms with Crippen molar-refractivity contribution in [3.63, 3.8) is 0 Å². The summed E-state index contributed by atoms with van der Waals surface area (Å²) in [5.74, 6) is 0.265. The van der Waals surface area contributed by atoms with E-state index in [-0.39, 0.29) is 29.7 Å². The van der Waals surface area contributed by atoms with Crippen molar-refractivity contribution in [2.75, 3.05) is 12.5 Å². The first-order chi connectivity index (χ1) is 8.16. The third kappa shape index (κ3) is 1.54. The molecule has 1 aromatic heterocycles. The van der Waals surface area contributed by atoms with Crippen molar-refractivity contribution in [3.05, 3.63) is 22.4 Å². The molecule has 2 heterocycles. The largest absolute Gasteiger partial charge is 0.453 e. The molecule has 0 atom stereocenters. The van der Waals surface area contributed by atoms with E-state index in [4.69, 9.17) is 19.7 Å². The molecule has 1 aliphatic rings. The Morgan fingerprint density at radius 1 is 1.35 bits per heavy atom. The van der Waals surface area contributed by atoms with Crippen molar-refractivity contribution in [1.29, 1.82) is 0 Å². The summed E-state index contributed by atoms with van der Waals surface area (Å²) in [5.41, 5.74) is 5.64. The number of nitrogen functional groups attached to an aromatic ring is 1. The number of halogens is 2. The highest BCUT2D eigenvalue weighted by molar-refractivity contribution is 9.10. The Labute approximate surface area is 103 Å². The zero-order valence-electron chi connectivity index (χ0n) is 8.37. The summed E-state index contributed by atoms with van der Waals surface area (Å²) in [6.07, 6.45) is 0. The number of anilines is 1. The van der Waals surface area contributed by atoms with Gasteiger partial charge in [-0.15, -0.1) is 0 Å². The van der Waals surface area contributed by atoms with Crippen molar-refractivity contribution < 1.29 is 18.4 Å². The lowest BCUT2D eigenvalue weighted by Gasteiger charge is -2.05. The van der Waals surface area contributed by atoms with E-state index in [9.17, 15) is 4.39 Å². The maximum absolute atomic E-state index is 14.2. The number of ether oxygens (including phenoxy) is 2. The Balaban J connectivity index is 2.23. The van der Waals surface area contributed by atoms with Crippen LogP contribution >= 0.6 is 15.9 Å². The fourth-order valence-electron chi connectivity index (χ4n) is 1.61. The Morgan fingerprint density at radius 2 is 2.18 bits per heavy atom. The lowest BCUT2D eigenvalue weighted by molar-refractivity contribution is 0.171. The molecule has 0 unspecified atom stereocenters. The lowest BCUT2D eigenvalue weighted by Crippen LogP contribution is -1.94. The van der Waals surface area contributed by atoms with E-state index in [1.165, 1.54) is 6.07 Å². The lowest BCUT2D eigenvalue weighted by atomic mass is 10.1. The number of rotatable bonds is 1. The highest BCUT2D eigenvalue weighted by atomic mass is 79.9. The van der Waals surface area contributed by atoms with Crippen LogP contribution in [-0.2, 0) is 0 Å². The second-order valence-electron chi connectivity index (χ2n) is 3.40. The number of nitrogens with two attached hydrogens (primary N) is 1. The molecule has 2 N–H and O–H groups in total. The molecule has 3 rings (SSSR count). The number of aromatic nitrogens is 1. The van der Waals surface area contributed by atoms with Crippen LogP contribution in [0.15, 0.2) is 21.1 Å². The van der Waals surface area contributed by atoms with Crippen LogP contribution < -0.4 is 15.2 Å². The zero-order valence-corrected chi connectivity index (χ0v) is 9.95. The van der Waals surface area contributed by atoms with Gasteiger partial charge in [0.1, 0.15) is 0 Å². The molecule has 17 heavy (non-hydrogen) atoms. The Hall–Kier alpha value is -1.76. The van der Waals surface area contributed by atoms with Crippen molar-refractivity contribution in [1.82, 2.24) is 5.16 Å².